The van der Waals surface area contributed by atoms with Gasteiger partial charge in [0.2, 0.25) is 0 Å². The van der Waals surface area contributed by atoms with Crippen molar-refractivity contribution >= 4 is 17.7 Å². The Bertz CT molecular complexity index is 625. The quantitative estimate of drug-likeness (QED) is 0.828. The second-order valence-electron chi connectivity index (χ2n) is 3.97. The minimum atomic E-state index is -0.900. The summed E-state index contributed by atoms with van der Waals surface area (Å²) in [5, 5.41) is 23.1. The maximum atomic E-state index is 10.5. The summed E-state index contributed by atoms with van der Waals surface area (Å²) in [6, 6.07) is 5.13. The summed E-state index contributed by atoms with van der Waals surface area (Å²) in [5.41, 5.74) is 1.43. The Kier molecular flexibility index (Phi) is 3.75. The number of phenols is 1. The Balaban J connectivity index is 2.34. The molecule has 2 rings (SSSR count). The standard InChI is InChI=1S/C12H13N3O3S/c1-7-8(4-3-5-9(7)16)11-13-12(15(2)14-11)19-6-10(17)18/h3-5,16H,6H2,1-2H3,(H,17,18). The van der Waals surface area contributed by atoms with E-state index in [-0.39, 0.29) is 11.5 Å². The SMILES string of the molecule is Cc1c(O)cccc1-c1nc(SCC(=O)O)n(C)n1. The molecular weight excluding hydrogens is 266 g/mol. The van der Waals surface area contributed by atoms with Gasteiger partial charge in [-0.25, -0.2) is 9.67 Å². The molecule has 0 spiro atoms. The molecule has 0 saturated heterocycles. The molecule has 1 aromatic heterocycles. The van der Waals surface area contributed by atoms with Crippen LogP contribution in [0.25, 0.3) is 11.4 Å². The molecule has 0 radical (unpaired) electrons. The average Bonchev–Trinajstić information content (AvgIpc) is 2.71. The number of aromatic hydroxyl groups is 1. The monoisotopic (exact) mass is 279 g/mol. The van der Waals surface area contributed by atoms with Crippen LogP contribution in [0.15, 0.2) is 23.4 Å². The molecule has 0 unspecified atom stereocenters. The minimum Gasteiger partial charge on any atom is -0.508 e. The van der Waals surface area contributed by atoms with E-state index in [4.69, 9.17) is 5.11 Å². The first-order valence-electron chi connectivity index (χ1n) is 5.53. The van der Waals surface area contributed by atoms with E-state index in [0.29, 0.717) is 16.5 Å². The Morgan fingerprint density at radius 2 is 2.21 bits per heavy atom. The number of aryl methyl sites for hydroxylation is 1. The van der Waals surface area contributed by atoms with E-state index < -0.39 is 5.97 Å². The highest BCUT2D eigenvalue weighted by Gasteiger charge is 2.14. The summed E-state index contributed by atoms with van der Waals surface area (Å²) >= 11 is 1.11. The molecule has 6 nitrogen and oxygen atoms in total. The number of carboxylic acid groups (broad SMARTS) is 1. The fourth-order valence-corrected chi connectivity index (χ4v) is 2.23. The van der Waals surface area contributed by atoms with Crippen LogP contribution < -0.4 is 0 Å². The Morgan fingerprint density at radius 1 is 1.47 bits per heavy atom. The van der Waals surface area contributed by atoms with E-state index in [0.717, 1.165) is 17.3 Å². The number of nitrogens with zero attached hydrogens (tertiary/aromatic N) is 3. The molecule has 0 aliphatic heterocycles. The molecule has 1 aromatic carbocycles. The van der Waals surface area contributed by atoms with Crippen LogP contribution in [-0.4, -0.2) is 36.7 Å². The number of carbonyl (C=O) groups is 1. The highest BCUT2D eigenvalue weighted by molar-refractivity contribution is 7.99. The maximum Gasteiger partial charge on any atom is 0.313 e. The van der Waals surface area contributed by atoms with Crippen molar-refractivity contribution in [2.24, 2.45) is 7.05 Å². The van der Waals surface area contributed by atoms with Crippen molar-refractivity contribution in [2.75, 3.05) is 5.75 Å². The van der Waals surface area contributed by atoms with Gasteiger partial charge in [0.25, 0.3) is 0 Å². The third-order valence-corrected chi connectivity index (χ3v) is 3.60. The number of rotatable bonds is 4. The van der Waals surface area contributed by atoms with E-state index in [1.807, 2.05) is 6.07 Å². The molecule has 1 heterocycles. The molecule has 2 N–H and O–H groups in total. The van der Waals surface area contributed by atoms with Gasteiger partial charge in [-0.1, -0.05) is 23.9 Å². The Labute approximate surface area is 114 Å². The van der Waals surface area contributed by atoms with Crippen molar-refractivity contribution in [1.82, 2.24) is 14.8 Å². The lowest BCUT2D eigenvalue weighted by atomic mass is 10.1. The highest BCUT2D eigenvalue weighted by Crippen LogP contribution is 2.28. The second kappa shape index (κ2) is 5.31. The van der Waals surface area contributed by atoms with E-state index >= 15 is 0 Å². The topological polar surface area (TPSA) is 88.2 Å². The normalized spacial score (nSPS) is 10.6. The predicted molar refractivity (Wildman–Crippen MR) is 71.2 cm³/mol. The molecule has 19 heavy (non-hydrogen) atoms. The molecule has 100 valence electrons. The summed E-state index contributed by atoms with van der Waals surface area (Å²) in [7, 11) is 1.71. The average molecular weight is 279 g/mol. The number of hydrogen-bond acceptors (Lipinski definition) is 5. The summed E-state index contributed by atoms with van der Waals surface area (Å²) in [6.45, 7) is 1.78. The summed E-state index contributed by atoms with van der Waals surface area (Å²) in [4.78, 5) is 14.8. The van der Waals surface area contributed by atoms with Crippen LogP contribution in [0.4, 0.5) is 0 Å². The lowest BCUT2D eigenvalue weighted by Gasteiger charge is -2.02. The number of carboxylic acids is 1. The number of aliphatic carboxylic acids is 1. The first-order chi connectivity index (χ1) is 8.99. The molecule has 7 heteroatoms. The van der Waals surface area contributed by atoms with Crippen LogP contribution >= 0.6 is 11.8 Å². The van der Waals surface area contributed by atoms with E-state index in [9.17, 15) is 9.90 Å². The maximum absolute atomic E-state index is 10.5. The second-order valence-corrected chi connectivity index (χ2v) is 4.92. The molecule has 0 bridgehead atoms. The van der Waals surface area contributed by atoms with E-state index in [2.05, 4.69) is 10.1 Å². The molecule has 0 amide bonds. The van der Waals surface area contributed by atoms with Crippen LogP contribution in [0, 0.1) is 6.92 Å². The third-order valence-electron chi connectivity index (χ3n) is 2.59. The largest absolute Gasteiger partial charge is 0.508 e. The number of phenolic OH excluding ortho intramolecular Hbond substituents is 1. The fourth-order valence-electron chi connectivity index (χ4n) is 1.60. The van der Waals surface area contributed by atoms with E-state index in [1.54, 1.807) is 26.1 Å². The summed E-state index contributed by atoms with van der Waals surface area (Å²) in [5.74, 6) is -0.304. The van der Waals surface area contributed by atoms with Gasteiger partial charge in [-0.05, 0) is 13.0 Å². The van der Waals surface area contributed by atoms with Crippen LogP contribution in [0.3, 0.4) is 0 Å². The van der Waals surface area contributed by atoms with Gasteiger partial charge < -0.3 is 10.2 Å². The van der Waals surface area contributed by atoms with Gasteiger partial charge >= 0.3 is 5.97 Å². The van der Waals surface area contributed by atoms with Crippen molar-refractivity contribution in [3.8, 4) is 17.1 Å². The van der Waals surface area contributed by atoms with Crippen LogP contribution in [-0.2, 0) is 11.8 Å². The van der Waals surface area contributed by atoms with Gasteiger partial charge in [0, 0.05) is 18.2 Å². The number of thioether (sulfide) groups is 1. The van der Waals surface area contributed by atoms with Crippen LogP contribution in [0.2, 0.25) is 0 Å². The van der Waals surface area contributed by atoms with Crippen molar-refractivity contribution in [3.05, 3.63) is 23.8 Å². The number of benzene rings is 1. The zero-order chi connectivity index (χ0) is 14.0. The van der Waals surface area contributed by atoms with Crippen molar-refractivity contribution in [2.45, 2.75) is 12.1 Å². The number of hydrogen-bond donors (Lipinski definition) is 2. The molecule has 0 atom stereocenters. The lowest BCUT2D eigenvalue weighted by molar-refractivity contribution is -0.133. The van der Waals surface area contributed by atoms with Crippen molar-refractivity contribution in [1.29, 1.82) is 0 Å². The smallest absolute Gasteiger partial charge is 0.313 e. The summed E-state index contributed by atoms with van der Waals surface area (Å²) < 4.78 is 1.53. The lowest BCUT2D eigenvalue weighted by Crippen LogP contribution is -2.00. The van der Waals surface area contributed by atoms with Gasteiger partial charge in [-0.15, -0.1) is 0 Å². The minimum absolute atomic E-state index is 0.0645. The molecule has 0 aliphatic rings. The van der Waals surface area contributed by atoms with Gasteiger partial charge in [0.15, 0.2) is 11.0 Å². The zero-order valence-electron chi connectivity index (χ0n) is 10.5. The highest BCUT2D eigenvalue weighted by atomic mass is 32.2. The third kappa shape index (κ3) is 2.87. The van der Waals surface area contributed by atoms with Gasteiger partial charge in [-0.3, -0.25) is 4.79 Å². The van der Waals surface area contributed by atoms with Gasteiger partial charge in [-0.2, -0.15) is 5.10 Å². The Morgan fingerprint density at radius 3 is 2.89 bits per heavy atom. The number of aromatic nitrogens is 3. The van der Waals surface area contributed by atoms with Gasteiger partial charge in [0.05, 0.1) is 5.75 Å². The summed E-state index contributed by atoms with van der Waals surface area (Å²) in [6.07, 6.45) is 0. The van der Waals surface area contributed by atoms with Crippen molar-refractivity contribution in [3.63, 3.8) is 0 Å². The molecule has 0 aliphatic carbocycles. The molecule has 0 fully saturated rings. The molecule has 0 saturated carbocycles. The van der Waals surface area contributed by atoms with Crippen LogP contribution in [0.5, 0.6) is 5.75 Å². The fraction of sp³-hybridized carbons (Fsp3) is 0.250. The first kappa shape index (κ1) is 13.4. The van der Waals surface area contributed by atoms with E-state index in [1.165, 1.54) is 4.68 Å². The molecular formula is C12H13N3O3S. The van der Waals surface area contributed by atoms with Crippen molar-refractivity contribution < 1.29 is 15.0 Å². The predicted octanol–water partition coefficient (Wildman–Crippen LogP) is 1.67. The van der Waals surface area contributed by atoms with Gasteiger partial charge in [0.1, 0.15) is 5.75 Å². The van der Waals surface area contributed by atoms with Crippen LogP contribution in [0.1, 0.15) is 5.56 Å². The first-order valence-corrected chi connectivity index (χ1v) is 6.52. The Hall–Kier alpha value is -2.02. The zero-order valence-corrected chi connectivity index (χ0v) is 11.3. The molecule has 2 aromatic rings.